The molecule has 21 heavy (non-hydrogen) atoms. The van der Waals surface area contributed by atoms with Crippen molar-refractivity contribution in [3.05, 3.63) is 53.1 Å². The van der Waals surface area contributed by atoms with E-state index < -0.39 is 17.6 Å². The average Bonchev–Trinajstić information content (AvgIpc) is 2.41. The maximum absolute atomic E-state index is 12.4. The predicted octanol–water partition coefficient (Wildman–Crippen LogP) is 3.36. The number of rotatable bonds is 2. The first-order valence-electron chi connectivity index (χ1n) is 6.06. The molecule has 4 nitrogen and oxygen atoms in total. The molecule has 7 heteroatoms. The van der Waals surface area contributed by atoms with Gasteiger partial charge in [-0.25, -0.2) is 9.97 Å². The van der Waals surface area contributed by atoms with Crippen molar-refractivity contribution in [2.45, 2.75) is 20.0 Å². The Labute approximate surface area is 119 Å². The van der Waals surface area contributed by atoms with Crippen LogP contribution >= 0.6 is 0 Å². The monoisotopic (exact) mass is 295 g/mol. The van der Waals surface area contributed by atoms with Gasteiger partial charge in [0.15, 0.2) is 0 Å². The first-order chi connectivity index (χ1) is 9.79. The topological polar surface area (TPSA) is 54.9 Å². The second-order valence-corrected chi connectivity index (χ2v) is 4.46. The van der Waals surface area contributed by atoms with Crippen LogP contribution in [-0.4, -0.2) is 15.9 Å². The number of hydrogen-bond acceptors (Lipinski definition) is 3. The quantitative estimate of drug-likeness (QED) is 0.924. The van der Waals surface area contributed by atoms with Crippen LogP contribution < -0.4 is 5.32 Å². The summed E-state index contributed by atoms with van der Waals surface area (Å²) in [5.41, 5.74) is 0.991. The Bertz CT molecular complexity index is 666. The van der Waals surface area contributed by atoms with Crippen molar-refractivity contribution in [2.24, 2.45) is 0 Å². The van der Waals surface area contributed by atoms with Crippen LogP contribution in [0.25, 0.3) is 0 Å². The zero-order chi connectivity index (χ0) is 15.6. The van der Waals surface area contributed by atoms with Crippen molar-refractivity contribution in [1.29, 1.82) is 0 Å². The van der Waals surface area contributed by atoms with Crippen LogP contribution in [0.15, 0.2) is 30.6 Å². The van der Waals surface area contributed by atoms with Gasteiger partial charge < -0.3 is 5.32 Å². The Balaban J connectivity index is 2.18. The van der Waals surface area contributed by atoms with Crippen molar-refractivity contribution in [1.82, 2.24) is 9.97 Å². The van der Waals surface area contributed by atoms with Gasteiger partial charge in [-0.2, -0.15) is 13.2 Å². The number of halogens is 3. The fourth-order valence-electron chi connectivity index (χ4n) is 1.70. The predicted molar refractivity (Wildman–Crippen MR) is 70.9 cm³/mol. The van der Waals surface area contributed by atoms with E-state index in [0.29, 0.717) is 11.3 Å². The standard InChI is InChI=1S/C14H12F3N3O/c1-8-9(2)18-7-19-12(8)13(21)20-11-5-3-10(4-6-11)14(15,16)17/h3-7H,1-2H3,(H,20,21). The van der Waals surface area contributed by atoms with Crippen molar-refractivity contribution in [3.8, 4) is 0 Å². The zero-order valence-electron chi connectivity index (χ0n) is 11.3. The van der Waals surface area contributed by atoms with Crippen LogP contribution in [0.4, 0.5) is 18.9 Å². The largest absolute Gasteiger partial charge is 0.416 e. The van der Waals surface area contributed by atoms with Gasteiger partial charge in [-0.3, -0.25) is 4.79 Å². The van der Waals surface area contributed by atoms with Gasteiger partial charge in [-0.05, 0) is 38.1 Å². The van der Waals surface area contributed by atoms with E-state index >= 15 is 0 Å². The molecule has 0 aliphatic carbocycles. The van der Waals surface area contributed by atoms with E-state index in [0.717, 1.165) is 12.1 Å². The van der Waals surface area contributed by atoms with E-state index in [2.05, 4.69) is 15.3 Å². The Morgan fingerprint density at radius 2 is 1.71 bits per heavy atom. The summed E-state index contributed by atoms with van der Waals surface area (Å²) in [7, 11) is 0. The number of anilines is 1. The molecule has 1 aromatic carbocycles. The minimum atomic E-state index is -4.40. The second-order valence-electron chi connectivity index (χ2n) is 4.46. The highest BCUT2D eigenvalue weighted by molar-refractivity contribution is 6.03. The second kappa shape index (κ2) is 5.51. The molecule has 0 unspecified atom stereocenters. The lowest BCUT2D eigenvalue weighted by atomic mass is 10.1. The van der Waals surface area contributed by atoms with E-state index in [-0.39, 0.29) is 11.4 Å². The lowest BCUT2D eigenvalue weighted by molar-refractivity contribution is -0.137. The first kappa shape index (κ1) is 15.0. The summed E-state index contributed by atoms with van der Waals surface area (Å²) >= 11 is 0. The third-order valence-electron chi connectivity index (χ3n) is 3.02. The number of amides is 1. The number of nitrogens with zero attached hydrogens (tertiary/aromatic N) is 2. The molecule has 2 aromatic rings. The van der Waals surface area contributed by atoms with Crippen molar-refractivity contribution < 1.29 is 18.0 Å². The third-order valence-corrected chi connectivity index (χ3v) is 3.02. The van der Waals surface area contributed by atoms with Gasteiger partial charge in [0, 0.05) is 16.9 Å². The molecule has 0 aliphatic rings. The Morgan fingerprint density at radius 1 is 1.10 bits per heavy atom. The van der Waals surface area contributed by atoms with Gasteiger partial charge in [0.2, 0.25) is 0 Å². The van der Waals surface area contributed by atoms with Crippen LogP contribution in [-0.2, 0) is 6.18 Å². The average molecular weight is 295 g/mol. The number of aromatic nitrogens is 2. The van der Waals surface area contributed by atoms with Crippen LogP contribution in [0.2, 0.25) is 0 Å². The van der Waals surface area contributed by atoms with Crippen LogP contribution in [0.1, 0.15) is 27.3 Å². The van der Waals surface area contributed by atoms with Gasteiger partial charge in [-0.15, -0.1) is 0 Å². The molecule has 0 saturated carbocycles. The molecule has 0 fully saturated rings. The molecule has 0 aliphatic heterocycles. The molecule has 0 bridgehead atoms. The first-order valence-corrected chi connectivity index (χ1v) is 6.06. The van der Waals surface area contributed by atoms with E-state index in [1.165, 1.54) is 18.5 Å². The van der Waals surface area contributed by atoms with Crippen molar-refractivity contribution >= 4 is 11.6 Å². The van der Waals surface area contributed by atoms with Crippen LogP contribution in [0.5, 0.6) is 0 Å². The number of benzene rings is 1. The SMILES string of the molecule is Cc1ncnc(C(=O)Nc2ccc(C(F)(F)F)cc2)c1C. The Kier molecular flexibility index (Phi) is 3.93. The third kappa shape index (κ3) is 3.36. The Morgan fingerprint density at radius 3 is 2.29 bits per heavy atom. The minimum Gasteiger partial charge on any atom is -0.321 e. The molecular formula is C14H12F3N3O. The van der Waals surface area contributed by atoms with Crippen molar-refractivity contribution in [3.63, 3.8) is 0 Å². The molecule has 1 heterocycles. The highest BCUT2D eigenvalue weighted by atomic mass is 19.4. The summed E-state index contributed by atoms with van der Waals surface area (Å²) in [6, 6.07) is 4.22. The van der Waals surface area contributed by atoms with Gasteiger partial charge >= 0.3 is 6.18 Å². The fraction of sp³-hybridized carbons (Fsp3) is 0.214. The van der Waals surface area contributed by atoms with Gasteiger partial charge in [0.05, 0.1) is 5.56 Å². The molecule has 1 aromatic heterocycles. The normalized spacial score (nSPS) is 11.3. The van der Waals surface area contributed by atoms with Gasteiger partial charge in [-0.1, -0.05) is 0 Å². The minimum absolute atomic E-state index is 0.197. The highest BCUT2D eigenvalue weighted by Crippen LogP contribution is 2.29. The molecule has 1 amide bonds. The maximum atomic E-state index is 12.4. The molecule has 0 saturated heterocycles. The van der Waals surface area contributed by atoms with E-state index in [9.17, 15) is 18.0 Å². The number of alkyl halides is 3. The number of hydrogen-bond donors (Lipinski definition) is 1. The summed E-state index contributed by atoms with van der Waals surface area (Å²) in [5, 5.41) is 2.51. The maximum Gasteiger partial charge on any atom is 0.416 e. The molecule has 0 radical (unpaired) electrons. The number of nitrogens with one attached hydrogen (secondary N) is 1. The summed E-state index contributed by atoms with van der Waals surface area (Å²) in [6.45, 7) is 3.45. The molecule has 110 valence electrons. The number of carbonyl (C=O) groups is 1. The van der Waals surface area contributed by atoms with Crippen LogP contribution in [0.3, 0.4) is 0 Å². The van der Waals surface area contributed by atoms with Gasteiger partial charge in [0.1, 0.15) is 12.0 Å². The highest BCUT2D eigenvalue weighted by Gasteiger charge is 2.30. The smallest absolute Gasteiger partial charge is 0.321 e. The van der Waals surface area contributed by atoms with E-state index in [1.807, 2.05) is 0 Å². The van der Waals surface area contributed by atoms with Crippen LogP contribution in [0, 0.1) is 13.8 Å². The molecule has 0 atom stereocenters. The fourth-order valence-corrected chi connectivity index (χ4v) is 1.70. The lowest BCUT2D eigenvalue weighted by Gasteiger charge is -2.10. The van der Waals surface area contributed by atoms with E-state index in [1.54, 1.807) is 13.8 Å². The summed E-state index contributed by atoms with van der Waals surface area (Å²) in [5.74, 6) is -0.488. The summed E-state index contributed by atoms with van der Waals surface area (Å²) < 4.78 is 37.3. The molecule has 1 N–H and O–H groups in total. The summed E-state index contributed by atoms with van der Waals surface area (Å²) in [4.78, 5) is 19.9. The number of carbonyl (C=O) groups excluding carboxylic acids is 1. The molecular weight excluding hydrogens is 283 g/mol. The molecule has 0 spiro atoms. The summed E-state index contributed by atoms with van der Waals surface area (Å²) in [6.07, 6.45) is -3.13. The van der Waals surface area contributed by atoms with Crippen molar-refractivity contribution in [2.75, 3.05) is 5.32 Å². The Hall–Kier alpha value is -2.44. The molecule has 2 rings (SSSR count). The number of aryl methyl sites for hydroxylation is 1. The zero-order valence-corrected chi connectivity index (χ0v) is 11.3. The van der Waals surface area contributed by atoms with Gasteiger partial charge in [0.25, 0.3) is 5.91 Å². The lowest BCUT2D eigenvalue weighted by Crippen LogP contribution is -2.16. The van der Waals surface area contributed by atoms with E-state index in [4.69, 9.17) is 0 Å².